The van der Waals surface area contributed by atoms with Gasteiger partial charge in [0.2, 0.25) is 0 Å². The summed E-state index contributed by atoms with van der Waals surface area (Å²) >= 11 is 0. The van der Waals surface area contributed by atoms with Crippen LogP contribution in [0.25, 0.3) is 0 Å². The van der Waals surface area contributed by atoms with E-state index in [9.17, 15) is 19.2 Å². The normalized spacial score (nSPS) is 13.5. The predicted molar refractivity (Wildman–Crippen MR) is 57.6 cm³/mol. The zero-order chi connectivity index (χ0) is 15.0. The first-order valence-electron chi connectivity index (χ1n) is 5.24. The number of ether oxygens (including phenoxy) is 1. The minimum Gasteiger partial charge on any atom is -0.481 e. The lowest BCUT2D eigenvalue weighted by Crippen LogP contribution is -2.28. The summed E-state index contributed by atoms with van der Waals surface area (Å²) in [4.78, 5) is 42.1. The maximum absolute atomic E-state index is 10.7. The molecular formula is C10H14O9. The summed E-state index contributed by atoms with van der Waals surface area (Å²) < 4.78 is 4.74. The summed E-state index contributed by atoms with van der Waals surface area (Å²) in [6, 6.07) is 0. The maximum Gasteiger partial charge on any atom is 0.333 e. The van der Waals surface area contributed by atoms with Gasteiger partial charge in [0.15, 0.2) is 6.10 Å². The summed E-state index contributed by atoms with van der Waals surface area (Å²) in [6.45, 7) is -0.353. The highest BCUT2D eigenvalue weighted by molar-refractivity contribution is 5.79. The molecule has 108 valence electrons. The lowest BCUT2D eigenvalue weighted by molar-refractivity contribution is -0.158. The first kappa shape index (κ1) is 16.8. The van der Waals surface area contributed by atoms with Crippen LogP contribution in [0.4, 0.5) is 0 Å². The monoisotopic (exact) mass is 278 g/mol. The van der Waals surface area contributed by atoms with Gasteiger partial charge in [0.25, 0.3) is 0 Å². The SMILES string of the molecule is O=C(O)CC(CCOC(CC(=O)O)C(=O)O)C(=O)O. The van der Waals surface area contributed by atoms with Crippen LogP contribution >= 0.6 is 0 Å². The number of hydrogen-bond acceptors (Lipinski definition) is 5. The molecule has 0 aliphatic rings. The molecule has 9 heteroatoms. The van der Waals surface area contributed by atoms with Gasteiger partial charge in [-0.3, -0.25) is 14.4 Å². The van der Waals surface area contributed by atoms with E-state index in [1.165, 1.54) is 0 Å². The predicted octanol–water partition coefficient (Wildman–Crippen LogP) is -0.503. The van der Waals surface area contributed by atoms with Crippen LogP contribution in [-0.2, 0) is 23.9 Å². The van der Waals surface area contributed by atoms with Gasteiger partial charge >= 0.3 is 23.9 Å². The third kappa shape index (κ3) is 7.71. The van der Waals surface area contributed by atoms with Crippen LogP contribution in [-0.4, -0.2) is 57.0 Å². The highest BCUT2D eigenvalue weighted by Crippen LogP contribution is 2.11. The zero-order valence-electron chi connectivity index (χ0n) is 9.81. The van der Waals surface area contributed by atoms with Gasteiger partial charge in [-0.15, -0.1) is 0 Å². The third-order valence-corrected chi connectivity index (χ3v) is 2.19. The van der Waals surface area contributed by atoms with Crippen molar-refractivity contribution in [3.05, 3.63) is 0 Å². The molecule has 0 rings (SSSR count). The summed E-state index contributed by atoms with van der Waals surface area (Å²) in [5.74, 6) is -6.69. The standard InChI is InChI=1S/C10H14O9/c11-7(12)3-5(9(15)16)1-2-19-6(10(17)18)4-8(13)14/h5-6H,1-4H2,(H,11,12)(H,13,14)(H,15,16)(H,17,18). The molecule has 19 heavy (non-hydrogen) atoms. The molecule has 4 N–H and O–H groups in total. The van der Waals surface area contributed by atoms with Gasteiger partial charge in [-0.25, -0.2) is 4.79 Å². The minimum absolute atomic E-state index is 0.217. The Morgan fingerprint density at radius 1 is 0.842 bits per heavy atom. The number of rotatable bonds is 10. The van der Waals surface area contributed by atoms with Crippen LogP contribution < -0.4 is 0 Å². The molecule has 0 radical (unpaired) electrons. The summed E-state index contributed by atoms with van der Waals surface area (Å²) in [5.41, 5.74) is 0. The average molecular weight is 278 g/mol. The van der Waals surface area contributed by atoms with E-state index in [4.69, 9.17) is 25.2 Å². The van der Waals surface area contributed by atoms with Crippen LogP contribution in [0, 0.1) is 5.92 Å². The molecule has 0 spiro atoms. The molecule has 0 saturated carbocycles. The topological polar surface area (TPSA) is 158 Å². The number of aliphatic carboxylic acids is 4. The molecule has 0 aliphatic carbocycles. The first-order valence-corrected chi connectivity index (χ1v) is 5.24. The van der Waals surface area contributed by atoms with Gasteiger partial charge < -0.3 is 25.2 Å². The number of carboxylic acids is 4. The average Bonchev–Trinajstić information content (AvgIpc) is 2.24. The molecule has 0 bridgehead atoms. The summed E-state index contributed by atoms with van der Waals surface area (Å²) in [6.07, 6.45) is -3.18. The molecular weight excluding hydrogens is 264 g/mol. The molecule has 0 aromatic heterocycles. The number of carbonyl (C=O) groups is 4. The molecule has 9 nitrogen and oxygen atoms in total. The Morgan fingerprint density at radius 2 is 1.37 bits per heavy atom. The molecule has 0 aromatic rings. The summed E-state index contributed by atoms with van der Waals surface area (Å²) in [7, 11) is 0. The Balaban J connectivity index is 4.28. The van der Waals surface area contributed by atoms with Crippen molar-refractivity contribution in [2.45, 2.75) is 25.4 Å². The van der Waals surface area contributed by atoms with Crippen molar-refractivity contribution in [2.75, 3.05) is 6.61 Å². The van der Waals surface area contributed by atoms with Crippen molar-refractivity contribution in [2.24, 2.45) is 5.92 Å². The van der Waals surface area contributed by atoms with Gasteiger partial charge in [0.1, 0.15) is 0 Å². The van der Waals surface area contributed by atoms with E-state index < -0.39 is 48.7 Å². The first-order chi connectivity index (χ1) is 8.73. The third-order valence-electron chi connectivity index (χ3n) is 2.19. The number of hydrogen-bond donors (Lipinski definition) is 4. The molecule has 0 aromatic carbocycles. The van der Waals surface area contributed by atoms with Crippen LogP contribution in [0.15, 0.2) is 0 Å². The van der Waals surface area contributed by atoms with E-state index >= 15 is 0 Å². The second kappa shape index (κ2) is 8.03. The molecule has 0 heterocycles. The quantitative estimate of drug-likeness (QED) is 0.413. The Kier molecular flexibility index (Phi) is 7.12. The second-order valence-corrected chi connectivity index (χ2v) is 3.72. The van der Waals surface area contributed by atoms with Gasteiger partial charge in [-0.1, -0.05) is 0 Å². The van der Waals surface area contributed by atoms with Crippen molar-refractivity contribution < 1.29 is 44.3 Å². The fourth-order valence-corrected chi connectivity index (χ4v) is 1.25. The van der Waals surface area contributed by atoms with Crippen molar-refractivity contribution in [1.82, 2.24) is 0 Å². The van der Waals surface area contributed by atoms with E-state index in [0.29, 0.717) is 0 Å². The second-order valence-electron chi connectivity index (χ2n) is 3.72. The number of carboxylic acid groups (broad SMARTS) is 4. The van der Waals surface area contributed by atoms with Crippen molar-refractivity contribution in [3.63, 3.8) is 0 Å². The van der Waals surface area contributed by atoms with Crippen LogP contribution in [0.1, 0.15) is 19.3 Å². The minimum atomic E-state index is -1.59. The van der Waals surface area contributed by atoms with E-state index in [1.807, 2.05) is 0 Å². The van der Waals surface area contributed by atoms with Crippen molar-refractivity contribution in [3.8, 4) is 0 Å². The maximum atomic E-state index is 10.7. The van der Waals surface area contributed by atoms with Crippen molar-refractivity contribution >= 4 is 23.9 Å². The Bertz CT molecular complexity index is 328. The van der Waals surface area contributed by atoms with Crippen LogP contribution in [0.2, 0.25) is 0 Å². The fourth-order valence-electron chi connectivity index (χ4n) is 1.25. The molecule has 0 aliphatic heterocycles. The van der Waals surface area contributed by atoms with Crippen molar-refractivity contribution in [1.29, 1.82) is 0 Å². The van der Waals surface area contributed by atoms with Crippen LogP contribution in [0.3, 0.4) is 0 Å². The summed E-state index contributed by atoms with van der Waals surface area (Å²) in [5, 5.41) is 34.3. The Hall–Kier alpha value is -2.16. The van der Waals surface area contributed by atoms with E-state index in [0.717, 1.165) is 0 Å². The zero-order valence-corrected chi connectivity index (χ0v) is 9.81. The smallest absolute Gasteiger partial charge is 0.333 e. The molecule has 0 fully saturated rings. The lowest BCUT2D eigenvalue weighted by atomic mass is 10.0. The molecule has 0 saturated heterocycles. The lowest BCUT2D eigenvalue weighted by Gasteiger charge is -2.14. The largest absolute Gasteiger partial charge is 0.481 e. The Labute approximate surface area is 107 Å². The van der Waals surface area contributed by atoms with E-state index in [-0.39, 0.29) is 13.0 Å². The van der Waals surface area contributed by atoms with Gasteiger partial charge in [0.05, 0.1) is 18.8 Å². The fraction of sp³-hybridized carbons (Fsp3) is 0.600. The molecule has 2 unspecified atom stereocenters. The van der Waals surface area contributed by atoms with Gasteiger partial charge in [-0.05, 0) is 6.42 Å². The van der Waals surface area contributed by atoms with Gasteiger partial charge in [-0.2, -0.15) is 0 Å². The highest BCUT2D eigenvalue weighted by atomic mass is 16.5. The molecule has 0 amide bonds. The van der Waals surface area contributed by atoms with Gasteiger partial charge in [0, 0.05) is 6.61 Å². The van der Waals surface area contributed by atoms with E-state index in [1.54, 1.807) is 0 Å². The Morgan fingerprint density at radius 3 is 1.74 bits per heavy atom. The highest BCUT2D eigenvalue weighted by Gasteiger charge is 2.24. The molecule has 2 atom stereocenters. The van der Waals surface area contributed by atoms with Crippen LogP contribution in [0.5, 0.6) is 0 Å². The van der Waals surface area contributed by atoms with E-state index in [2.05, 4.69) is 0 Å².